The Morgan fingerprint density at radius 2 is 2.21 bits per heavy atom. The fourth-order valence-corrected chi connectivity index (χ4v) is 3.12. The lowest BCUT2D eigenvalue weighted by molar-refractivity contribution is 0.0654. The highest BCUT2D eigenvalue weighted by atomic mass is 35.5. The molecule has 1 amide bonds. The molecule has 3 nitrogen and oxygen atoms in total. The molecule has 0 aromatic heterocycles. The monoisotopic (exact) mass is 280 g/mol. The Kier molecular flexibility index (Phi) is 4.48. The van der Waals surface area contributed by atoms with Gasteiger partial charge in [0, 0.05) is 31.2 Å². The number of hydrogen-bond donors (Lipinski definition) is 1. The first kappa shape index (κ1) is 14.4. The van der Waals surface area contributed by atoms with Crippen molar-refractivity contribution in [3.8, 4) is 0 Å². The highest BCUT2D eigenvalue weighted by Crippen LogP contribution is 2.26. The summed E-state index contributed by atoms with van der Waals surface area (Å²) in [5.41, 5.74) is 3.62. The summed E-state index contributed by atoms with van der Waals surface area (Å²) < 4.78 is 0. The van der Waals surface area contributed by atoms with Gasteiger partial charge < -0.3 is 10.2 Å². The lowest BCUT2D eigenvalue weighted by Gasteiger charge is -2.34. The number of rotatable bonds is 1. The van der Waals surface area contributed by atoms with Gasteiger partial charge >= 0.3 is 0 Å². The van der Waals surface area contributed by atoms with Crippen LogP contribution in [0.2, 0.25) is 0 Å². The molecule has 4 heteroatoms. The van der Waals surface area contributed by atoms with Crippen LogP contribution in [-0.4, -0.2) is 36.5 Å². The number of halogens is 1. The number of fused-ring (bicyclic) bond motifs is 1. The van der Waals surface area contributed by atoms with Gasteiger partial charge in [0.25, 0.3) is 5.91 Å². The fraction of sp³-hybridized carbons (Fsp3) is 0.533. The third-order valence-electron chi connectivity index (χ3n) is 4.14. The molecule has 1 N–H and O–H groups in total. The van der Waals surface area contributed by atoms with E-state index in [0.29, 0.717) is 6.04 Å². The number of hydrogen-bond acceptors (Lipinski definition) is 2. The van der Waals surface area contributed by atoms with Crippen LogP contribution in [0.3, 0.4) is 0 Å². The molecule has 1 aromatic carbocycles. The normalized spacial score (nSPS) is 21.7. The molecule has 1 saturated heterocycles. The first-order valence-electron chi connectivity index (χ1n) is 6.90. The Hall–Kier alpha value is -1.06. The molecule has 104 valence electrons. The van der Waals surface area contributed by atoms with Crippen molar-refractivity contribution >= 4 is 18.3 Å². The lowest BCUT2D eigenvalue weighted by atomic mass is 10.0. The van der Waals surface area contributed by atoms with Gasteiger partial charge in [-0.05, 0) is 43.4 Å². The highest BCUT2D eigenvalue weighted by molar-refractivity contribution is 5.96. The van der Waals surface area contributed by atoms with Crippen LogP contribution in [-0.2, 0) is 12.8 Å². The molecule has 2 aliphatic rings. The number of piperazine rings is 1. The first-order valence-corrected chi connectivity index (χ1v) is 6.90. The van der Waals surface area contributed by atoms with Crippen molar-refractivity contribution in [1.29, 1.82) is 0 Å². The first-order chi connectivity index (χ1) is 8.77. The van der Waals surface area contributed by atoms with Crippen LogP contribution in [0.5, 0.6) is 0 Å². The van der Waals surface area contributed by atoms with Gasteiger partial charge in [0.15, 0.2) is 0 Å². The molecular formula is C15H21ClN2O. The molecule has 0 spiro atoms. The second-order valence-corrected chi connectivity index (χ2v) is 5.35. The number of nitrogens with zero attached hydrogens (tertiary/aromatic N) is 1. The summed E-state index contributed by atoms with van der Waals surface area (Å²) in [5.74, 6) is 0.225. The predicted molar refractivity (Wildman–Crippen MR) is 79.1 cm³/mol. The Morgan fingerprint density at radius 1 is 1.37 bits per heavy atom. The third-order valence-corrected chi connectivity index (χ3v) is 4.14. The molecule has 3 rings (SSSR count). The largest absolute Gasteiger partial charge is 0.333 e. The molecule has 0 saturated carbocycles. The van der Waals surface area contributed by atoms with Gasteiger partial charge in [-0.3, -0.25) is 4.79 Å². The zero-order valence-electron chi connectivity index (χ0n) is 11.3. The zero-order valence-corrected chi connectivity index (χ0v) is 12.1. The van der Waals surface area contributed by atoms with Gasteiger partial charge in [0.2, 0.25) is 0 Å². The number of benzene rings is 1. The van der Waals surface area contributed by atoms with Crippen LogP contribution in [0.25, 0.3) is 0 Å². The zero-order chi connectivity index (χ0) is 12.5. The van der Waals surface area contributed by atoms with Crippen molar-refractivity contribution < 1.29 is 4.79 Å². The van der Waals surface area contributed by atoms with Crippen molar-refractivity contribution in [3.05, 3.63) is 34.9 Å². The fourth-order valence-electron chi connectivity index (χ4n) is 3.12. The molecule has 1 aromatic rings. The molecule has 0 radical (unpaired) electrons. The van der Waals surface area contributed by atoms with Crippen molar-refractivity contribution in [2.75, 3.05) is 19.6 Å². The predicted octanol–water partition coefficient (Wildman–Crippen LogP) is 2.03. The number of aryl methyl sites for hydroxylation is 1. The van der Waals surface area contributed by atoms with Crippen LogP contribution in [0.15, 0.2) is 18.2 Å². The number of amides is 1. The maximum atomic E-state index is 12.7. The van der Waals surface area contributed by atoms with Crippen LogP contribution >= 0.6 is 12.4 Å². The summed E-state index contributed by atoms with van der Waals surface area (Å²) in [7, 11) is 0. The van der Waals surface area contributed by atoms with Crippen LogP contribution < -0.4 is 5.32 Å². The minimum atomic E-state index is 0. The van der Waals surface area contributed by atoms with Gasteiger partial charge in [-0.1, -0.05) is 12.1 Å². The molecular weight excluding hydrogens is 260 g/mol. The SMILES string of the molecule is CC1CNCCN1C(=O)c1cccc2c1CCC2.Cl. The second kappa shape index (κ2) is 5.93. The molecule has 1 aliphatic heterocycles. The lowest BCUT2D eigenvalue weighted by Crippen LogP contribution is -2.52. The molecule has 1 heterocycles. The van der Waals surface area contributed by atoms with Crippen LogP contribution in [0, 0.1) is 0 Å². The van der Waals surface area contributed by atoms with E-state index in [1.165, 1.54) is 17.5 Å². The van der Waals surface area contributed by atoms with Gasteiger partial charge in [0.1, 0.15) is 0 Å². The Balaban J connectivity index is 0.00000133. The minimum Gasteiger partial charge on any atom is -0.333 e. The van der Waals surface area contributed by atoms with E-state index in [1.54, 1.807) is 0 Å². The maximum Gasteiger partial charge on any atom is 0.254 e. The topological polar surface area (TPSA) is 32.3 Å². The van der Waals surface area contributed by atoms with Crippen molar-refractivity contribution in [1.82, 2.24) is 10.2 Å². The minimum absolute atomic E-state index is 0. The van der Waals surface area contributed by atoms with Crippen LogP contribution in [0.1, 0.15) is 34.8 Å². The Morgan fingerprint density at radius 3 is 3.00 bits per heavy atom. The van der Waals surface area contributed by atoms with Crippen molar-refractivity contribution in [2.24, 2.45) is 0 Å². The van der Waals surface area contributed by atoms with E-state index in [1.807, 2.05) is 17.0 Å². The van der Waals surface area contributed by atoms with Gasteiger partial charge in [-0.2, -0.15) is 0 Å². The molecule has 1 aliphatic carbocycles. The number of carbonyl (C=O) groups excluding carboxylic acids is 1. The van der Waals surface area contributed by atoms with Gasteiger partial charge in [-0.25, -0.2) is 0 Å². The van der Waals surface area contributed by atoms with Crippen molar-refractivity contribution in [2.45, 2.75) is 32.2 Å². The highest BCUT2D eigenvalue weighted by Gasteiger charge is 2.27. The van der Waals surface area contributed by atoms with E-state index in [2.05, 4.69) is 18.3 Å². The molecule has 19 heavy (non-hydrogen) atoms. The average Bonchev–Trinajstić information content (AvgIpc) is 2.86. The molecule has 1 atom stereocenters. The molecule has 1 unspecified atom stereocenters. The Bertz CT molecular complexity index is 475. The van der Waals surface area contributed by atoms with Gasteiger partial charge in [-0.15, -0.1) is 12.4 Å². The summed E-state index contributed by atoms with van der Waals surface area (Å²) in [6, 6.07) is 6.50. The summed E-state index contributed by atoms with van der Waals surface area (Å²) >= 11 is 0. The smallest absolute Gasteiger partial charge is 0.254 e. The average molecular weight is 281 g/mol. The standard InChI is InChI=1S/C15H20N2O.ClH/c1-11-10-16-8-9-17(11)15(18)14-7-3-5-12-4-2-6-13(12)14;/h3,5,7,11,16H,2,4,6,8-10H2,1H3;1H. The van der Waals surface area contributed by atoms with E-state index >= 15 is 0 Å². The maximum absolute atomic E-state index is 12.7. The van der Waals surface area contributed by atoms with E-state index in [4.69, 9.17) is 0 Å². The summed E-state index contributed by atoms with van der Waals surface area (Å²) in [6.45, 7) is 4.75. The van der Waals surface area contributed by atoms with Crippen LogP contribution in [0.4, 0.5) is 0 Å². The Labute approximate surface area is 120 Å². The van der Waals surface area contributed by atoms with E-state index < -0.39 is 0 Å². The molecule has 0 bridgehead atoms. The summed E-state index contributed by atoms with van der Waals surface area (Å²) in [6.07, 6.45) is 3.39. The summed E-state index contributed by atoms with van der Waals surface area (Å²) in [4.78, 5) is 14.7. The number of carbonyl (C=O) groups is 1. The van der Waals surface area contributed by atoms with E-state index in [-0.39, 0.29) is 18.3 Å². The van der Waals surface area contributed by atoms with Crippen molar-refractivity contribution in [3.63, 3.8) is 0 Å². The summed E-state index contributed by atoms with van der Waals surface area (Å²) in [5, 5.41) is 3.33. The second-order valence-electron chi connectivity index (χ2n) is 5.35. The van der Waals surface area contributed by atoms with E-state index in [0.717, 1.165) is 38.0 Å². The van der Waals surface area contributed by atoms with E-state index in [9.17, 15) is 4.79 Å². The molecule has 1 fully saturated rings. The van der Waals surface area contributed by atoms with Gasteiger partial charge in [0.05, 0.1) is 0 Å². The third kappa shape index (κ3) is 2.63. The number of nitrogens with one attached hydrogen (secondary N) is 1. The quantitative estimate of drug-likeness (QED) is 0.854.